The molecule has 0 bridgehead atoms. The second-order valence-corrected chi connectivity index (χ2v) is 19.7. The topological polar surface area (TPSA) is 95.9 Å². The van der Waals surface area contributed by atoms with Gasteiger partial charge in [0.25, 0.3) is 0 Å². The van der Waals surface area contributed by atoms with Crippen LogP contribution in [0, 0.1) is 0 Å². The Balaban J connectivity index is 3.51. The molecule has 0 saturated heterocycles. The van der Waals surface area contributed by atoms with Crippen LogP contribution in [0.2, 0.25) is 0 Å². The summed E-state index contributed by atoms with van der Waals surface area (Å²) in [7, 11) is 0. The molecule has 0 rings (SSSR count). The number of rotatable bonds is 53. The molecule has 0 aromatic carbocycles. The smallest absolute Gasteiger partial charge is 0.305 e. The quantitative estimate of drug-likeness (QED) is 0.0321. The Morgan fingerprint density at radius 1 is 0.438 bits per heavy atom. The third-order valence-corrected chi connectivity index (χ3v) is 13.3. The summed E-state index contributed by atoms with van der Waals surface area (Å²) in [6, 6.07) is -0.558. The van der Waals surface area contributed by atoms with E-state index in [1.54, 1.807) is 0 Å². The van der Waals surface area contributed by atoms with Crippen molar-refractivity contribution in [3.8, 4) is 0 Å². The van der Waals surface area contributed by atoms with E-state index in [2.05, 4.69) is 43.5 Å². The molecule has 2 atom stereocenters. The first-order chi connectivity index (χ1) is 31.5. The van der Waals surface area contributed by atoms with Crippen LogP contribution in [-0.2, 0) is 14.3 Å². The van der Waals surface area contributed by atoms with Gasteiger partial charge in [0.05, 0.1) is 25.4 Å². The van der Waals surface area contributed by atoms with Crippen LogP contribution in [0.5, 0.6) is 0 Å². The third kappa shape index (κ3) is 49.8. The number of allylic oxidation sites excluding steroid dienone is 4. The molecule has 0 aliphatic rings. The second-order valence-electron chi connectivity index (χ2n) is 19.7. The first-order valence-electron chi connectivity index (χ1n) is 28.6. The Morgan fingerprint density at radius 3 is 1.16 bits per heavy atom. The van der Waals surface area contributed by atoms with Crippen molar-refractivity contribution in [2.45, 2.75) is 321 Å². The second kappa shape index (κ2) is 54.0. The molecule has 0 aromatic heterocycles. The van der Waals surface area contributed by atoms with Gasteiger partial charge in [-0.05, 0) is 57.8 Å². The maximum absolute atomic E-state index is 12.5. The minimum atomic E-state index is -0.679. The van der Waals surface area contributed by atoms with Crippen LogP contribution in [0.15, 0.2) is 24.3 Å². The molecule has 2 unspecified atom stereocenters. The van der Waals surface area contributed by atoms with E-state index >= 15 is 0 Å². The largest absolute Gasteiger partial charge is 0.466 e. The van der Waals surface area contributed by atoms with Crippen LogP contribution in [0.25, 0.3) is 0 Å². The molecule has 378 valence electrons. The molecule has 3 N–H and O–H groups in total. The van der Waals surface area contributed by atoms with E-state index in [1.165, 1.54) is 199 Å². The van der Waals surface area contributed by atoms with Crippen molar-refractivity contribution in [3.63, 3.8) is 0 Å². The Kier molecular flexibility index (Phi) is 52.6. The van der Waals surface area contributed by atoms with E-state index in [1.807, 2.05) is 0 Å². The average Bonchev–Trinajstić information content (AvgIpc) is 3.29. The lowest BCUT2D eigenvalue weighted by Gasteiger charge is -2.22. The molecule has 0 spiro atoms. The fourth-order valence-corrected chi connectivity index (χ4v) is 8.87. The summed E-state index contributed by atoms with van der Waals surface area (Å²) in [5.41, 5.74) is 0. The normalized spacial score (nSPS) is 12.8. The minimum Gasteiger partial charge on any atom is -0.466 e. The van der Waals surface area contributed by atoms with Crippen molar-refractivity contribution in [2.75, 3.05) is 13.2 Å². The number of ether oxygens (including phenoxy) is 1. The highest BCUT2D eigenvalue weighted by molar-refractivity contribution is 5.76. The highest BCUT2D eigenvalue weighted by Crippen LogP contribution is 2.17. The van der Waals surface area contributed by atoms with Gasteiger partial charge in [0, 0.05) is 12.8 Å². The van der Waals surface area contributed by atoms with Crippen molar-refractivity contribution >= 4 is 11.9 Å². The SMILES string of the molecule is CCCCCCCCCCCCCCCCCCCCCC(O)C(CO)NC(=O)CCCCCCCC/C=C\C=C/CCCCCOC(=O)CCCCCCCCCCCCCCC. The molecule has 64 heavy (non-hydrogen) atoms. The van der Waals surface area contributed by atoms with Gasteiger partial charge in [-0.3, -0.25) is 9.59 Å². The molecule has 0 aliphatic carbocycles. The monoisotopic (exact) mass is 902 g/mol. The van der Waals surface area contributed by atoms with Gasteiger partial charge < -0.3 is 20.3 Å². The van der Waals surface area contributed by atoms with Gasteiger partial charge in [-0.1, -0.05) is 263 Å². The number of hydrogen-bond acceptors (Lipinski definition) is 5. The molecule has 6 heteroatoms. The number of aliphatic hydroxyl groups excluding tert-OH is 2. The number of esters is 1. The molecule has 1 amide bonds. The average molecular weight is 903 g/mol. The van der Waals surface area contributed by atoms with E-state index in [9.17, 15) is 19.8 Å². The molecule has 0 saturated carbocycles. The number of hydrogen-bond donors (Lipinski definition) is 3. The number of carbonyl (C=O) groups excluding carboxylic acids is 2. The first-order valence-corrected chi connectivity index (χ1v) is 28.6. The summed E-state index contributed by atoms with van der Waals surface area (Å²) in [5.74, 6) is -0.0748. The maximum atomic E-state index is 12.5. The third-order valence-electron chi connectivity index (χ3n) is 13.3. The lowest BCUT2D eigenvalue weighted by molar-refractivity contribution is -0.143. The van der Waals surface area contributed by atoms with E-state index in [4.69, 9.17) is 4.74 Å². The molecule has 0 aromatic rings. The van der Waals surface area contributed by atoms with Gasteiger partial charge >= 0.3 is 5.97 Å². The number of nitrogens with one attached hydrogen (secondary N) is 1. The summed E-state index contributed by atoms with van der Waals surface area (Å²) in [5, 5.41) is 23.3. The Bertz CT molecular complexity index is 997. The van der Waals surface area contributed by atoms with Crippen molar-refractivity contribution < 1.29 is 24.5 Å². The van der Waals surface area contributed by atoms with Crippen molar-refractivity contribution in [1.29, 1.82) is 0 Å². The predicted octanol–water partition coefficient (Wildman–Crippen LogP) is 17.5. The van der Waals surface area contributed by atoms with Crippen LogP contribution < -0.4 is 5.32 Å². The number of aliphatic hydroxyl groups is 2. The summed E-state index contributed by atoms with van der Waals surface area (Å²) in [6.07, 6.45) is 64.5. The summed E-state index contributed by atoms with van der Waals surface area (Å²) >= 11 is 0. The van der Waals surface area contributed by atoms with Crippen LogP contribution >= 0.6 is 0 Å². The van der Waals surface area contributed by atoms with Gasteiger partial charge in [0.1, 0.15) is 0 Å². The number of unbranched alkanes of at least 4 members (excludes halogenated alkanes) is 39. The van der Waals surface area contributed by atoms with Crippen LogP contribution in [0.4, 0.5) is 0 Å². The van der Waals surface area contributed by atoms with E-state index < -0.39 is 12.1 Å². The zero-order valence-corrected chi connectivity index (χ0v) is 43.0. The Morgan fingerprint density at radius 2 is 0.766 bits per heavy atom. The highest BCUT2D eigenvalue weighted by Gasteiger charge is 2.20. The summed E-state index contributed by atoms with van der Waals surface area (Å²) in [6.45, 7) is 4.91. The van der Waals surface area contributed by atoms with Crippen LogP contribution in [0.3, 0.4) is 0 Å². The maximum Gasteiger partial charge on any atom is 0.305 e. The molecular formula is C58H111NO5. The van der Waals surface area contributed by atoms with Crippen LogP contribution in [-0.4, -0.2) is 47.4 Å². The van der Waals surface area contributed by atoms with Gasteiger partial charge in [0.15, 0.2) is 0 Å². The Hall–Kier alpha value is -1.66. The van der Waals surface area contributed by atoms with E-state index in [0.29, 0.717) is 25.9 Å². The van der Waals surface area contributed by atoms with Crippen LogP contribution in [0.1, 0.15) is 309 Å². The molecular weight excluding hydrogens is 791 g/mol. The standard InChI is InChI=1S/C58H111NO5/c1-3-5-7-9-11-13-15-17-18-19-20-21-23-27-30-34-38-42-46-50-56(61)55(54-60)59-57(62)51-47-43-39-35-31-28-24-22-25-29-33-37-41-45-49-53-64-58(63)52-48-44-40-36-32-26-16-14-12-10-8-6-4-2/h22,25,29,33,55-56,60-61H,3-21,23-24,26-28,30-32,34-54H2,1-2H3,(H,59,62)/b25-22-,33-29-. The lowest BCUT2D eigenvalue weighted by Crippen LogP contribution is -2.45. The fourth-order valence-electron chi connectivity index (χ4n) is 8.87. The highest BCUT2D eigenvalue weighted by atomic mass is 16.5. The van der Waals surface area contributed by atoms with Gasteiger partial charge in [0.2, 0.25) is 5.91 Å². The zero-order valence-electron chi connectivity index (χ0n) is 43.0. The molecule has 0 fully saturated rings. The van der Waals surface area contributed by atoms with Crippen molar-refractivity contribution in [1.82, 2.24) is 5.32 Å². The zero-order chi connectivity index (χ0) is 46.5. The van der Waals surface area contributed by atoms with Gasteiger partial charge in [-0.15, -0.1) is 0 Å². The van der Waals surface area contributed by atoms with Gasteiger partial charge in [-0.2, -0.15) is 0 Å². The molecule has 0 aliphatic heterocycles. The van der Waals surface area contributed by atoms with E-state index in [-0.39, 0.29) is 18.5 Å². The number of amides is 1. The summed E-state index contributed by atoms with van der Waals surface area (Å²) in [4.78, 5) is 24.5. The molecule has 0 radical (unpaired) electrons. The minimum absolute atomic E-state index is 0.0197. The van der Waals surface area contributed by atoms with Gasteiger partial charge in [-0.25, -0.2) is 0 Å². The van der Waals surface area contributed by atoms with Crippen molar-refractivity contribution in [3.05, 3.63) is 24.3 Å². The lowest BCUT2D eigenvalue weighted by atomic mass is 10.0. The van der Waals surface area contributed by atoms with Crippen molar-refractivity contribution in [2.24, 2.45) is 0 Å². The summed E-state index contributed by atoms with van der Waals surface area (Å²) < 4.78 is 5.44. The predicted molar refractivity (Wildman–Crippen MR) is 278 cm³/mol. The first kappa shape index (κ1) is 62.3. The molecule has 0 heterocycles. The Labute approximate surface area is 399 Å². The number of carbonyl (C=O) groups is 2. The fraction of sp³-hybridized carbons (Fsp3) is 0.897. The molecule has 6 nitrogen and oxygen atoms in total. The van der Waals surface area contributed by atoms with E-state index in [0.717, 1.165) is 77.0 Å².